The van der Waals surface area contributed by atoms with Crippen molar-refractivity contribution in [3.05, 3.63) is 70.2 Å². The van der Waals surface area contributed by atoms with Crippen molar-refractivity contribution in [2.45, 2.75) is 32.4 Å². The largest absolute Gasteiger partial charge is 0.451 e. The van der Waals surface area contributed by atoms with Gasteiger partial charge in [-0.1, -0.05) is 29.8 Å². The van der Waals surface area contributed by atoms with Gasteiger partial charge in [0.15, 0.2) is 5.76 Å². The summed E-state index contributed by atoms with van der Waals surface area (Å²) in [6.07, 6.45) is 1.81. The normalized spacial score (nSPS) is 16.6. The summed E-state index contributed by atoms with van der Waals surface area (Å²) in [4.78, 5) is 15.0. The van der Waals surface area contributed by atoms with Gasteiger partial charge in [0.05, 0.1) is 6.10 Å². The molecule has 6 heteroatoms. The van der Waals surface area contributed by atoms with E-state index in [4.69, 9.17) is 20.8 Å². The Morgan fingerprint density at radius 1 is 1.29 bits per heavy atom. The number of halogens is 2. The van der Waals surface area contributed by atoms with E-state index in [0.717, 1.165) is 23.8 Å². The number of aryl methyl sites for hydroxylation is 1. The summed E-state index contributed by atoms with van der Waals surface area (Å²) in [6, 6.07) is 11.8. The smallest absolute Gasteiger partial charge is 0.290 e. The Morgan fingerprint density at radius 2 is 2.11 bits per heavy atom. The average Bonchev–Trinajstić information content (AvgIpc) is 3.31. The van der Waals surface area contributed by atoms with E-state index in [-0.39, 0.29) is 30.1 Å². The number of fused-ring (bicyclic) bond motifs is 1. The third kappa shape index (κ3) is 3.77. The average molecular weight is 402 g/mol. The Labute approximate surface area is 167 Å². The molecule has 146 valence electrons. The number of carbonyl (C=O) groups is 1. The van der Waals surface area contributed by atoms with Crippen LogP contribution in [0.4, 0.5) is 4.39 Å². The van der Waals surface area contributed by atoms with Crippen molar-refractivity contribution in [3.8, 4) is 0 Å². The lowest BCUT2D eigenvalue weighted by Crippen LogP contribution is -2.37. The Hall–Kier alpha value is -2.37. The van der Waals surface area contributed by atoms with E-state index in [1.165, 1.54) is 6.07 Å². The number of hydrogen-bond donors (Lipinski definition) is 0. The highest BCUT2D eigenvalue weighted by atomic mass is 35.5. The second-order valence-corrected chi connectivity index (χ2v) is 7.55. The molecule has 1 aromatic heterocycles. The molecule has 4 nitrogen and oxygen atoms in total. The summed E-state index contributed by atoms with van der Waals surface area (Å²) in [6.45, 7) is 3.07. The highest BCUT2D eigenvalue weighted by molar-refractivity contribution is 6.31. The first-order valence-corrected chi connectivity index (χ1v) is 9.73. The predicted molar refractivity (Wildman–Crippen MR) is 106 cm³/mol. The van der Waals surface area contributed by atoms with Gasteiger partial charge in [-0.3, -0.25) is 4.79 Å². The summed E-state index contributed by atoms with van der Waals surface area (Å²) in [5.74, 6) is -0.351. The monoisotopic (exact) mass is 401 g/mol. The van der Waals surface area contributed by atoms with Crippen molar-refractivity contribution in [3.63, 3.8) is 0 Å². The molecule has 0 N–H and O–H groups in total. The fourth-order valence-electron chi connectivity index (χ4n) is 3.63. The molecule has 0 spiro atoms. The lowest BCUT2D eigenvalue weighted by molar-refractivity contribution is 0.0482. The molecule has 1 amide bonds. The lowest BCUT2D eigenvalue weighted by atomic mass is 10.1. The van der Waals surface area contributed by atoms with Crippen molar-refractivity contribution < 1.29 is 18.3 Å². The number of ether oxygens (including phenoxy) is 1. The minimum Gasteiger partial charge on any atom is -0.451 e. The van der Waals surface area contributed by atoms with Crippen molar-refractivity contribution in [1.82, 2.24) is 4.90 Å². The number of amides is 1. The van der Waals surface area contributed by atoms with Gasteiger partial charge in [-0.15, -0.1) is 0 Å². The van der Waals surface area contributed by atoms with Gasteiger partial charge in [0.25, 0.3) is 5.91 Å². The maximum absolute atomic E-state index is 14.2. The highest BCUT2D eigenvalue weighted by Gasteiger charge is 2.28. The number of benzene rings is 2. The van der Waals surface area contributed by atoms with Crippen molar-refractivity contribution in [1.29, 1.82) is 0 Å². The van der Waals surface area contributed by atoms with Gasteiger partial charge in [-0.25, -0.2) is 4.39 Å². The molecule has 0 radical (unpaired) electrons. The molecule has 3 aromatic rings. The van der Waals surface area contributed by atoms with Crippen LogP contribution >= 0.6 is 11.6 Å². The summed E-state index contributed by atoms with van der Waals surface area (Å²) in [7, 11) is 0. The molecule has 28 heavy (non-hydrogen) atoms. The van der Waals surface area contributed by atoms with Gasteiger partial charge in [-0.2, -0.15) is 0 Å². The molecular formula is C22H21ClFNO3. The molecule has 1 fully saturated rings. The molecule has 1 saturated heterocycles. The Bertz CT molecular complexity index is 1010. The second-order valence-electron chi connectivity index (χ2n) is 7.11. The van der Waals surface area contributed by atoms with Gasteiger partial charge in [0.2, 0.25) is 0 Å². The third-order valence-corrected chi connectivity index (χ3v) is 5.38. The first-order valence-electron chi connectivity index (χ1n) is 9.36. The first-order chi connectivity index (χ1) is 13.5. The molecule has 0 saturated carbocycles. The highest BCUT2D eigenvalue weighted by Crippen LogP contribution is 2.29. The molecule has 4 rings (SSSR count). The van der Waals surface area contributed by atoms with Crippen LogP contribution in [0.5, 0.6) is 0 Å². The van der Waals surface area contributed by atoms with Gasteiger partial charge in [0, 0.05) is 41.2 Å². The zero-order chi connectivity index (χ0) is 19.7. The standard InChI is InChI=1S/C22H21ClFNO3/c1-14-18-11-16(23)8-9-20(18)28-21(14)22(26)25(13-17-6-4-10-27-17)12-15-5-2-3-7-19(15)24/h2-3,5,7-9,11,17H,4,6,10,12-13H2,1H3. The van der Waals surface area contributed by atoms with Gasteiger partial charge >= 0.3 is 0 Å². The topological polar surface area (TPSA) is 42.7 Å². The van der Waals surface area contributed by atoms with Crippen LogP contribution in [-0.2, 0) is 11.3 Å². The zero-order valence-electron chi connectivity index (χ0n) is 15.6. The maximum atomic E-state index is 14.2. The van der Waals surface area contributed by atoms with Gasteiger partial charge < -0.3 is 14.1 Å². The van der Waals surface area contributed by atoms with E-state index >= 15 is 0 Å². The van der Waals surface area contributed by atoms with Crippen molar-refractivity contribution in [2.75, 3.05) is 13.2 Å². The van der Waals surface area contributed by atoms with Crippen LogP contribution in [0.2, 0.25) is 5.02 Å². The minimum atomic E-state index is -0.333. The summed E-state index contributed by atoms with van der Waals surface area (Å²) in [5.41, 5.74) is 1.80. The van der Waals surface area contributed by atoms with E-state index in [2.05, 4.69) is 0 Å². The van der Waals surface area contributed by atoms with Crippen LogP contribution in [0.3, 0.4) is 0 Å². The molecule has 0 aliphatic carbocycles. The molecular weight excluding hydrogens is 381 g/mol. The SMILES string of the molecule is Cc1c(C(=O)N(Cc2ccccc2F)CC2CCCO2)oc2ccc(Cl)cc12. The first kappa shape index (κ1) is 19.0. The maximum Gasteiger partial charge on any atom is 0.290 e. The predicted octanol–water partition coefficient (Wildman–Crippen LogP) is 5.36. The van der Waals surface area contributed by atoms with E-state index in [0.29, 0.717) is 29.3 Å². The molecule has 0 bridgehead atoms. The van der Waals surface area contributed by atoms with Crippen LogP contribution in [-0.4, -0.2) is 30.1 Å². The Balaban J connectivity index is 1.67. The number of nitrogens with zero attached hydrogens (tertiary/aromatic N) is 1. The molecule has 2 aromatic carbocycles. The van der Waals surface area contributed by atoms with Crippen LogP contribution in [0.15, 0.2) is 46.9 Å². The molecule has 1 atom stereocenters. The quantitative estimate of drug-likeness (QED) is 0.578. The molecule has 1 unspecified atom stereocenters. The third-order valence-electron chi connectivity index (χ3n) is 5.15. The number of hydrogen-bond acceptors (Lipinski definition) is 3. The zero-order valence-corrected chi connectivity index (χ0v) is 16.3. The van der Waals surface area contributed by atoms with E-state index in [1.54, 1.807) is 41.3 Å². The van der Waals surface area contributed by atoms with E-state index in [1.807, 2.05) is 6.92 Å². The fraction of sp³-hybridized carbons (Fsp3) is 0.318. The number of rotatable bonds is 5. The van der Waals surface area contributed by atoms with Crippen molar-refractivity contribution in [2.24, 2.45) is 0 Å². The summed E-state index contributed by atoms with van der Waals surface area (Å²) >= 11 is 6.08. The summed E-state index contributed by atoms with van der Waals surface area (Å²) < 4.78 is 25.8. The van der Waals surface area contributed by atoms with Crippen LogP contribution in [0.25, 0.3) is 11.0 Å². The molecule has 1 aliphatic heterocycles. The summed E-state index contributed by atoms with van der Waals surface area (Å²) in [5, 5.41) is 1.39. The fourth-order valence-corrected chi connectivity index (χ4v) is 3.80. The lowest BCUT2D eigenvalue weighted by Gasteiger charge is -2.25. The second kappa shape index (κ2) is 7.94. The molecule has 2 heterocycles. The minimum absolute atomic E-state index is 0.0464. The Morgan fingerprint density at radius 3 is 2.86 bits per heavy atom. The number of carbonyl (C=O) groups excluding carboxylic acids is 1. The Kier molecular flexibility index (Phi) is 5.38. The van der Waals surface area contributed by atoms with Crippen LogP contribution in [0.1, 0.15) is 34.5 Å². The molecule has 1 aliphatic rings. The van der Waals surface area contributed by atoms with Crippen LogP contribution in [0, 0.1) is 12.7 Å². The van der Waals surface area contributed by atoms with Gasteiger partial charge in [0.1, 0.15) is 11.4 Å². The van der Waals surface area contributed by atoms with E-state index in [9.17, 15) is 9.18 Å². The van der Waals surface area contributed by atoms with E-state index < -0.39 is 0 Å². The van der Waals surface area contributed by atoms with Crippen LogP contribution < -0.4 is 0 Å². The van der Waals surface area contributed by atoms with Gasteiger partial charge in [-0.05, 0) is 44.0 Å². The number of furan rings is 1. The van der Waals surface area contributed by atoms with Crippen molar-refractivity contribution >= 4 is 28.5 Å².